The number of rotatable bonds is 4. The molecule has 2 heterocycles. The van der Waals surface area contributed by atoms with E-state index in [0.29, 0.717) is 5.56 Å². The first-order valence-electron chi connectivity index (χ1n) is 9.74. The first-order valence-corrected chi connectivity index (χ1v) is 10.5. The van der Waals surface area contributed by atoms with Gasteiger partial charge in [-0.3, -0.25) is 4.79 Å². The third-order valence-electron chi connectivity index (χ3n) is 5.09. The molecule has 1 amide bonds. The molecule has 5 nitrogen and oxygen atoms in total. The number of nitrogens with zero attached hydrogens (tertiary/aromatic N) is 2. The Hall–Kier alpha value is -3.77. The molecule has 2 N–H and O–H groups in total. The quantitative estimate of drug-likeness (QED) is 0.254. The number of hydrogen-bond donors (Lipinski definition) is 2. The number of hydrogen-bond acceptors (Lipinski definition) is 3. The fourth-order valence-corrected chi connectivity index (χ4v) is 3.82. The van der Waals surface area contributed by atoms with E-state index in [1.165, 1.54) is 0 Å². The molecule has 0 saturated carbocycles. The predicted octanol–water partition coefficient (Wildman–Crippen LogP) is 5.91. The Bertz CT molecular complexity index is 1440. The van der Waals surface area contributed by atoms with Gasteiger partial charge in [0.15, 0.2) is 0 Å². The average Bonchev–Trinajstić information content (AvgIpc) is 3.22. The minimum absolute atomic E-state index is 0.284. The van der Waals surface area contributed by atoms with Gasteiger partial charge in [0.25, 0.3) is 5.91 Å². The predicted molar refractivity (Wildman–Crippen MR) is 128 cm³/mol. The van der Waals surface area contributed by atoms with Crippen molar-refractivity contribution in [1.82, 2.24) is 15.4 Å². The third-order valence-corrected chi connectivity index (χ3v) is 5.62. The zero-order valence-corrected chi connectivity index (χ0v) is 17.9. The summed E-state index contributed by atoms with van der Waals surface area (Å²) in [5.74, 6) is -0.284. The Kier molecular flexibility index (Phi) is 5.06. The number of carbonyl (C=O) groups excluding carboxylic acids is 1. The number of nitrogens with one attached hydrogen (secondary N) is 2. The fraction of sp³-hybridized carbons (Fsp3) is 0. The average molecular weight is 469 g/mol. The molecule has 0 aliphatic heterocycles. The lowest BCUT2D eigenvalue weighted by atomic mass is 10.0. The first-order chi connectivity index (χ1) is 15.2. The Morgan fingerprint density at radius 3 is 2.55 bits per heavy atom. The molecule has 5 rings (SSSR count). The van der Waals surface area contributed by atoms with Gasteiger partial charge in [-0.15, -0.1) is 0 Å². The molecule has 0 aliphatic rings. The van der Waals surface area contributed by atoms with Gasteiger partial charge in [-0.05, 0) is 30.3 Å². The Morgan fingerprint density at radius 1 is 0.968 bits per heavy atom. The van der Waals surface area contributed by atoms with Crippen LogP contribution in [0.2, 0.25) is 0 Å². The number of H-pyrrole nitrogens is 1. The van der Waals surface area contributed by atoms with E-state index in [0.717, 1.165) is 43.1 Å². The number of hydrazone groups is 1. The van der Waals surface area contributed by atoms with E-state index in [2.05, 4.69) is 31.4 Å². The number of halogens is 1. The van der Waals surface area contributed by atoms with Crippen LogP contribution in [0.25, 0.3) is 33.1 Å². The molecule has 0 aliphatic carbocycles. The fourth-order valence-electron chi connectivity index (χ4n) is 3.55. The monoisotopic (exact) mass is 468 g/mol. The largest absolute Gasteiger partial charge is 0.361 e. The standard InChI is InChI=1S/C25H17BrN4O/c26-18-11-9-16(10-12-18)24-13-21(20-6-2-4-8-23(20)29-24)25(31)30-28-15-17-14-27-22-7-3-1-5-19(17)22/h1-15,27H,(H,30,31)/b28-15-. The molecule has 0 fully saturated rings. The minimum Gasteiger partial charge on any atom is -0.361 e. The van der Waals surface area contributed by atoms with Crippen LogP contribution in [0.4, 0.5) is 0 Å². The van der Waals surface area contributed by atoms with Crippen molar-refractivity contribution in [2.45, 2.75) is 0 Å². The van der Waals surface area contributed by atoms with Crippen molar-refractivity contribution in [2.24, 2.45) is 5.10 Å². The van der Waals surface area contributed by atoms with Crippen molar-refractivity contribution < 1.29 is 4.79 Å². The highest BCUT2D eigenvalue weighted by Crippen LogP contribution is 2.26. The zero-order valence-electron chi connectivity index (χ0n) is 16.3. The van der Waals surface area contributed by atoms with Crippen LogP contribution in [0, 0.1) is 0 Å². The van der Waals surface area contributed by atoms with E-state index < -0.39 is 0 Å². The number of benzene rings is 3. The highest BCUT2D eigenvalue weighted by Gasteiger charge is 2.13. The van der Waals surface area contributed by atoms with E-state index in [9.17, 15) is 4.79 Å². The second kappa shape index (κ2) is 8.16. The highest BCUT2D eigenvalue weighted by molar-refractivity contribution is 9.10. The van der Waals surface area contributed by atoms with Gasteiger partial charge in [0.2, 0.25) is 0 Å². The summed E-state index contributed by atoms with van der Waals surface area (Å²) < 4.78 is 0.988. The van der Waals surface area contributed by atoms with Gasteiger partial charge in [0.05, 0.1) is 23.0 Å². The minimum atomic E-state index is -0.284. The van der Waals surface area contributed by atoms with Crippen LogP contribution in [0.15, 0.2) is 94.6 Å². The molecule has 0 spiro atoms. The molecule has 5 aromatic rings. The summed E-state index contributed by atoms with van der Waals surface area (Å²) in [5.41, 5.74) is 7.55. The molecule has 3 aromatic carbocycles. The molecule has 2 aromatic heterocycles. The number of pyridine rings is 1. The second-order valence-electron chi connectivity index (χ2n) is 7.07. The summed E-state index contributed by atoms with van der Waals surface area (Å²) in [5, 5.41) is 6.02. The normalized spacial score (nSPS) is 11.4. The summed E-state index contributed by atoms with van der Waals surface area (Å²) in [6.07, 6.45) is 3.52. The van der Waals surface area contributed by atoms with Gasteiger partial charge in [0, 0.05) is 38.1 Å². The van der Waals surface area contributed by atoms with E-state index in [1.807, 2.05) is 85.1 Å². The van der Waals surface area contributed by atoms with Crippen LogP contribution in [0.1, 0.15) is 15.9 Å². The van der Waals surface area contributed by atoms with Gasteiger partial charge >= 0.3 is 0 Å². The van der Waals surface area contributed by atoms with Gasteiger partial charge in [-0.25, -0.2) is 10.4 Å². The number of para-hydroxylation sites is 2. The number of fused-ring (bicyclic) bond motifs is 2. The van der Waals surface area contributed by atoms with Crippen molar-refractivity contribution in [3.63, 3.8) is 0 Å². The van der Waals surface area contributed by atoms with Gasteiger partial charge in [0.1, 0.15) is 0 Å². The molecule has 0 atom stereocenters. The van der Waals surface area contributed by atoms with Crippen LogP contribution in [-0.2, 0) is 0 Å². The van der Waals surface area contributed by atoms with Crippen LogP contribution in [0.3, 0.4) is 0 Å². The van der Waals surface area contributed by atoms with Crippen LogP contribution in [-0.4, -0.2) is 22.1 Å². The number of carbonyl (C=O) groups is 1. The van der Waals surface area contributed by atoms with Crippen LogP contribution < -0.4 is 5.43 Å². The molecular formula is C25H17BrN4O. The van der Waals surface area contributed by atoms with Crippen molar-refractivity contribution in [1.29, 1.82) is 0 Å². The number of aromatic nitrogens is 2. The smallest absolute Gasteiger partial charge is 0.272 e. The summed E-state index contributed by atoms with van der Waals surface area (Å²) in [4.78, 5) is 21.0. The SMILES string of the molecule is O=C(N/N=C\c1c[nH]c2ccccc12)c1cc(-c2ccc(Br)cc2)nc2ccccc12. The molecule has 0 saturated heterocycles. The van der Waals surface area contributed by atoms with Crippen molar-refractivity contribution in [3.05, 3.63) is 101 Å². The van der Waals surface area contributed by atoms with E-state index in [1.54, 1.807) is 6.21 Å². The molecule has 0 unspecified atom stereocenters. The molecule has 31 heavy (non-hydrogen) atoms. The Labute approximate surface area is 187 Å². The van der Waals surface area contributed by atoms with E-state index in [4.69, 9.17) is 4.98 Å². The highest BCUT2D eigenvalue weighted by atomic mass is 79.9. The van der Waals surface area contributed by atoms with E-state index in [-0.39, 0.29) is 5.91 Å². The summed E-state index contributed by atoms with van der Waals surface area (Å²) in [6, 6.07) is 25.2. The van der Waals surface area contributed by atoms with Crippen LogP contribution >= 0.6 is 15.9 Å². The topological polar surface area (TPSA) is 70.1 Å². The maximum Gasteiger partial charge on any atom is 0.272 e. The molecule has 6 heteroatoms. The third kappa shape index (κ3) is 3.85. The lowest BCUT2D eigenvalue weighted by Gasteiger charge is -2.09. The maximum absolute atomic E-state index is 13.0. The van der Waals surface area contributed by atoms with Crippen LogP contribution in [0.5, 0.6) is 0 Å². The summed E-state index contributed by atoms with van der Waals surface area (Å²) in [7, 11) is 0. The second-order valence-corrected chi connectivity index (χ2v) is 7.98. The van der Waals surface area contributed by atoms with Gasteiger partial charge in [-0.2, -0.15) is 5.10 Å². The lowest BCUT2D eigenvalue weighted by molar-refractivity contribution is 0.0956. The van der Waals surface area contributed by atoms with Gasteiger partial charge in [-0.1, -0.05) is 64.5 Å². The summed E-state index contributed by atoms with van der Waals surface area (Å²) in [6.45, 7) is 0. The number of amides is 1. The van der Waals surface area contributed by atoms with Crippen molar-refractivity contribution >= 4 is 49.9 Å². The zero-order chi connectivity index (χ0) is 21.2. The van der Waals surface area contributed by atoms with Gasteiger partial charge < -0.3 is 4.98 Å². The first kappa shape index (κ1) is 19.2. The summed E-state index contributed by atoms with van der Waals surface area (Å²) >= 11 is 3.45. The molecule has 150 valence electrons. The maximum atomic E-state index is 13.0. The van der Waals surface area contributed by atoms with E-state index >= 15 is 0 Å². The van der Waals surface area contributed by atoms with Crippen molar-refractivity contribution in [2.75, 3.05) is 0 Å². The lowest BCUT2D eigenvalue weighted by Crippen LogP contribution is -2.18. The number of aromatic amines is 1. The molecule has 0 radical (unpaired) electrons. The van der Waals surface area contributed by atoms with Crippen molar-refractivity contribution in [3.8, 4) is 11.3 Å². The molecular weight excluding hydrogens is 452 g/mol. The Balaban J connectivity index is 1.48. The Morgan fingerprint density at radius 2 is 1.71 bits per heavy atom. The molecule has 0 bridgehead atoms.